The molecule has 0 saturated carbocycles. The Labute approximate surface area is 125 Å². The van der Waals surface area contributed by atoms with Crippen molar-refractivity contribution in [1.29, 1.82) is 5.26 Å². The van der Waals surface area contributed by atoms with E-state index in [4.69, 9.17) is 24.2 Å². The molecule has 0 spiro atoms. The Hall–Kier alpha value is -2.13. The maximum atomic E-state index is 8.96. The van der Waals surface area contributed by atoms with Gasteiger partial charge < -0.3 is 24.3 Å². The van der Waals surface area contributed by atoms with Crippen LogP contribution in [0.3, 0.4) is 0 Å². The lowest BCUT2D eigenvalue weighted by molar-refractivity contribution is 0.287. The van der Waals surface area contributed by atoms with Gasteiger partial charge >= 0.3 is 0 Å². The minimum Gasteiger partial charge on any atom is -0.493 e. The van der Waals surface area contributed by atoms with Crippen LogP contribution in [0.1, 0.15) is 13.3 Å². The van der Waals surface area contributed by atoms with Crippen LogP contribution >= 0.6 is 0 Å². The van der Waals surface area contributed by atoms with E-state index in [1.165, 1.54) is 0 Å². The van der Waals surface area contributed by atoms with Crippen molar-refractivity contribution in [2.24, 2.45) is 0 Å². The van der Waals surface area contributed by atoms with Crippen LogP contribution in [-0.2, 0) is 0 Å². The van der Waals surface area contributed by atoms with Crippen LogP contribution in [0, 0.1) is 11.3 Å². The summed E-state index contributed by atoms with van der Waals surface area (Å²) in [6.45, 7) is 3.14. The van der Waals surface area contributed by atoms with Gasteiger partial charge in [0.05, 0.1) is 40.0 Å². The largest absolute Gasteiger partial charge is 0.493 e. The summed E-state index contributed by atoms with van der Waals surface area (Å²) in [4.78, 5) is 0. The van der Waals surface area contributed by atoms with E-state index in [1.54, 1.807) is 33.5 Å². The van der Waals surface area contributed by atoms with Gasteiger partial charge in [0, 0.05) is 18.6 Å². The Morgan fingerprint density at radius 1 is 1.14 bits per heavy atom. The van der Waals surface area contributed by atoms with E-state index in [9.17, 15) is 0 Å². The van der Waals surface area contributed by atoms with Crippen molar-refractivity contribution in [3.63, 3.8) is 0 Å². The first-order valence-corrected chi connectivity index (χ1v) is 6.75. The van der Waals surface area contributed by atoms with Crippen LogP contribution in [0.15, 0.2) is 12.1 Å². The summed E-state index contributed by atoms with van der Waals surface area (Å²) in [5, 5.41) is 12.0. The molecule has 0 aliphatic heterocycles. The smallest absolute Gasteiger partial charge is 0.203 e. The fraction of sp³-hybridized carbons (Fsp3) is 0.533. The number of rotatable bonds is 9. The van der Waals surface area contributed by atoms with Gasteiger partial charge in [0.1, 0.15) is 5.75 Å². The average Bonchev–Trinajstić information content (AvgIpc) is 2.52. The predicted octanol–water partition coefficient (Wildman–Crippen LogP) is 1.98. The molecule has 1 N–H and O–H groups in total. The molecule has 21 heavy (non-hydrogen) atoms. The quantitative estimate of drug-likeness (QED) is 0.751. The summed E-state index contributed by atoms with van der Waals surface area (Å²) in [5.41, 5.74) is 0. The first-order valence-electron chi connectivity index (χ1n) is 6.75. The van der Waals surface area contributed by atoms with Gasteiger partial charge in [0.15, 0.2) is 11.5 Å². The molecule has 0 aliphatic rings. The molecular formula is C15H22N2O4. The van der Waals surface area contributed by atoms with Crippen molar-refractivity contribution in [3.8, 4) is 29.1 Å². The highest BCUT2D eigenvalue weighted by Crippen LogP contribution is 2.40. The second-order valence-corrected chi connectivity index (χ2v) is 4.24. The van der Waals surface area contributed by atoms with Gasteiger partial charge in [-0.15, -0.1) is 0 Å². The standard InChI is InChI=1S/C15H22N2O4/c1-5-17-11(10-16)6-7-21-12-8-13(18-2)15(20-4)14(9-12)19-3/h8-9,11,17H,5-7H2,1-4H3. The third-order valence-corrected chi connectivity index (χ3v) is 2.92. The van der Waals surface area contributed by atoms with Gasteiger partial charge in [-0.2, -0.15) is 5.26 Å². The Morgan fingerprint density at radius 3 is 2.19 bits per heavy atom. The number of nitrogens with zero attached hydrogens (tertiary/aromatic N) is 1. The molecular weight excluding hydrogens is 272 g/mol. The number of hydrogen-bond acceptors (Lipinski definition) is 6. The van der Waals surface area contributed by atoms with E-state index >= 15 is 0 Å². The molecule has 0 heterocycles. The molecule has 0 fully saturated rings. The number of ether oxygens (including phenoxy) is 4. The van der Waals surface area contributed by atoms with Crippen LogP contribution < -0.4 is 24.3 Å². The first-order chi connectivity index (χ1) is 10.2. The first kappa shape index (κ1) is 16.9. The summed E-state index contributed by atoms with van der Waals surface area (Å²) >= 11 is 0. The third kappa shape index (κ3) is 4.72. The molecule has 1 atom stereocenters. The van der Waals surface area contributed by atoms with E-state index in [1.807, 2.05) is 6.92 Å². The van der Waals surface area contributed by atoms with Crippen molar-refractivity contribution in [3.05, 3.63) is 12.1 Å². The molecule has 6 heteroatoms. The highest BCUT2D eigenvalue weighted by atomic mass is 16.5. The lowest BCUT2D eigenvalue weighted by Crippen LogP contribution is -2.28. The van der Waals surface area contributed by atoms with Crippen molar-refractivity contribution in [1.82, 2.24) is 5.32 Å². The summed E-state index contributed by atoms with van der Waals surface area (Å²) in [6, 6.07) is 5.45. The van der Waals surface area contributed by atoms with Gasteiger partial charge in [0.25, 0.3) is 0 Å². The lowest BCUT2D eigenvalue weighted by atomic mass is 10.2. The Morgan fingerprint density at radius 2 is 1.76 bits per heavy atom. The fourth-order valence-electron chi connectivity index (χ4n) is 1.89. The third-order valence-electron chi connectivity index (χ3n) is 2.92. The lowest BCUT2D eigenvalue weighted by Gasteiger charge is -2.15. The minimum atomic E-state index is -0.211. The van der Waals surface area contributed by atoms with Gasteiger partial charge in [0.2, 0.25) is 5.75 Å². The van der Waals surface area contributed by atoms with E-state index in [-0.39, 0.29) is 6.04 Å². The Bertz CT molecular complexity index is 460. The Kier molecular flexibility index (Phi) is 7.19. The number of nitriles is 1. The molecule has 1 aromatic rings. The minimum absolute atomic E-state index is 0.211. The van der Waals surface area contributed by atoms with Gasteiger partial charge in [-0.1, -0.05) is 6.92 Å². The summed E-state index contributed by atoms with van der Waals surface area (Å²) in [5.74, 6) is 2.21. The van der Waals surface area contributed by atoms with E-state index in [0.29, 0.717) is 36.0 Å². The highest BCUT2D eigenvalue weighted by molar-refractivity contribution is 5.55. The van der Waals surface area contributed by atoms with Crippen LogP contribution in [-0.4, -0.2) is 40.5 Å². The number of hydrogen-bond donors (Lipinski definition) is 1. The molecule has 6 nitrogen and oxygen atoms in total. The van der Waals surface area contributed by atoms with Crippen LogP contribution in [0.25, 0.3) is 0 Å². The molecule has 0 radical (unpaired) electrons. The zero-order chi connectivity index (χ0) is 15.7. The molecule has 116 valence electrons. The van der Waals surface area contributed by atoms with Crippen LogP contribution in [0.2, 0.25) is 0 Å². The maximum Gasteiger partial charge on any atom is 0.203 e. The van der Waals surface area contributed by atoms with Gasteiger partial charge in [-0.25, -0.2) is 0 Å². The normalized spacial score (nSPS) is 11.4. The van der Waals surface area contributed by atoms with Crippen LogP contribution in [0.5, 0.6) is 23.0 Å². The molecule has 0 amide bonds. The second kappa shape index (κ2) is 8.93. The van der Waals surface area contributed by atoms with Crippen molar-refractivity contribution in [2.45, 2.75) is 19.4 Å². The maximum absolute atomic E-state index is 8.96. The molecule has 1 aromatic carbocycles. The fourth-order valence-corrected chi connectivity index (χ4v) is 1.89. The molecule has 1 rings (SSSR count). The van der Waals surface area contributed by atoms with E-state index in [0.717, 1.165) is 6.54 Å². The SMILES string of the molecule is CCNC(C#N)CCOc1cc(OC)c(OC)c(OC)c1. The molecule has 0 aliphatic carbocycles. The Balaban J connectivity index is 2.73. The highest BCUT2D eigenvalue weighted by Gasteiger charge is 2.14. The molecule has 0 bridgehead atoms. The average molecular weight is 294 g/mol. The van der Waals surface area contributed by atoms with Gasteiger partial charge in [-0.05, 0) is 6.54 Å². The van der Waals surface area contributed by atoms with E-state index in [2.05, 4.69) is 11.4 Å². The molecule has 0 saturated heterocycles. The van der Waals surface area contributed by atoms with Crippen LogP contribution in [0.4, 0.5) is 0 Å². The van der Waals surface area contributed by atoms with Crippen molar-refractivity contribution >= 4 is 0 Å². The summed E-state index contributed by atoms with van der Waals surface area (Å²) in [7, 11) is 4.66. The van der Waals surface area contributed by atoms with Crippen molar-refractivity contribution in [2.75, 3.05) is 34.5 Å². The number of nitrogens with one attached hydrogen (secondary N) is 1. The number of benzene rings is 1. The molecule has 0 aromatic heterocycles. The van der Waals surface area contributed by atoms with E-state index < -0.39 is 0 Å². The zero-order valence-electron chi connectivity index (χ0n) is 12.9. The predicted molar refractivity (Wildman–Crippen MR) is 79.3 cm³/mol. The van der Waals surface area contributed by atoms with Gasteiger partial charge in [-0.3, -0.25) is 0 Å². The zero-order valence-corrected chi connectivity index (χ0v) is 12.9. The summed E-state index contributed by atoms with van der Waals surface area (Å²) < 4.78 is 21.4. The van der Waals surface area contributed by atoms with Crippen molar-refractivity contribution < 1.29 is 18.9 Å². The number of methoxy groups -OCH3 is 3. The summed E-state index contributed by atoms with van der Waals surface area (Å²) in [6.07, 6.45) is 0.598. The molecule has 1 unspecified atom stereocenters. The second-order valence-electron chi connectivity index (χ2n) is 4.24. The topological polar surface area (TPSA) is 72.7 Å². The monoisotopic (exact) mass is 294 g/mol.